The topological polar surface area (TPSA) is 65.5 Å². The van der Waals surface area contributed by atoms with Gasteiger partial charge < -0.3 is 19.5 Å². The van der Waals surface area contributed by atoms with E-state index in [4.69, 9.17) is 25.8 Å². The number of rotatable bonds is 7. The van der Waals surface area contributed by atoms with Gasteiger partial charge >= 0.3 is 0 Å². The average molecular weight is 262 g/mol. The summed E-state index contributed by atoms with van der Waals surface area (Å²) in [6.45, 7) is 0.778. The zero-order chi connectivity index (χ0) is 12.7. The van der Waals surface area contributed by atoms with E-state index in [0.29, 0.717) is 29.9 Å². The normalized spacial score (nSPS) is 10.9. The number of hydrogen-bond donors (Lipinski definition) is 1. The van der Waals surface area contributed by atoms with E-state index in [1.54, 1.807) is 27.4 Å². The minimum absolute atomic E-state index is 0.313. The SMILES string of the molecule is COCc1nc(Cl)cc(NCC(OC)OC)n1. The molecule has 0 unspecified atom stereocenters. The van der Waals surface area contributed by atoms with Crippen LogP contribution >= 0.6 is 11.6 Å². The Bertz CT molecular complexity index is 348. The first-order valence-corrected chi connectivity index (χ1v) is 5.39. The van der Waals surface area contributed by atoms with Crippen LogP contribution < -0.4 is 5.32 Å². The monoisotopic (exact) mass is 261 g/mol. The highest BCUT2D eigenvalue weighted by molar-refractivity contribution is 6.29. The fraction of sp³-hybridized carbons (Fsp3) is 0.600. The molecule has 0 saturated heterocycles. The zero-order valence-electron chi connectivity index (χ0n) is 10.1. The summed E-state index contributed by atoms with van der Waals surface area (Å²) in [7, 11) is 4.71. The summed E-state index contributed by atoms with van der Waals surface area (Å²) in [5.41, 5.74) is 0. The summed E-state index contributed by atoms with van der Waals surface area (Å²) >= 11 is 5.86. The van der Waals surface area contributed by atoms with Gasteiger partial charge in [-0.25, -0.2) is 9.97 Å². The summed E-state index contributed by atoms with van der Waals surface area (Å²) in [4.78, 5) is 8.24. The number of nitrogens with one attached hydrogen (secondary N) is 1. The number of ether oxygens (including phenoxy) is 3. The predicted molar refractivity (Wildman–Crippen MR) is 64.1 cm³/mol. The second-order valence-corrected chi connectivity index (χ2v) is 3.59. The minimum atomic E-state index is -0.338. The lowest BCUT2D eigenvalue weighted by molar-refractivity contribution is -0.0914. The van der Waals surface area contributed by atoms with E-state index in [2.05, 4.69) is 15.3 Å². The van der Waals surface area contributed by atoms with E-state index in [1.165, 1.54) is 0 Å². The molecule has 96 valence electrons. The van der Waals surface area contributed by atoms with Crippen molar-refractivity contribution in [2.45, 2.75) is 12.9 Å². The van der Waals surface area contributed by atoms with Crippen molar-refractivity contribution in [2.24, 2.45) is 0 Å². The molecule has 7 heteroatoms. The standard InChI is InChI=1S/C10H16ClN3O3/c1-15-6-9-13-7(11)4-8(14-9)12-5-10(16-2)17-3/h4,10H,5-6H2,1-3H3,(H,12,13,14). The van der Waals surface area contributed by atoms with E-state index in [1.807, 2.05) is 0 Å². The lowest BCUT2D eigenvalue weighted by Crippen LogP contribution is -2.24. The molecule has 1 aromatic heterocycles. The van der Waals surface area contributed by atoms with Gasteiger partial charge in [-0.05, 0) is 0 Å². The highest BCUT2D eigenvalue weighted by atomic mass is 35.5. The number of aromatic nitrogens is 2. The molecule has 1 heterocycles. The maximum absolute atomic E-state index is 5.86. The number of halogens is 1. The maximum Gasteiger partial charge on any atom is 0.173 e. The molecule has 0 spiro atoms. The van der Waals surface area contributed by atoms with Gasteiger partial charge in [0.2, 0.25) is 0 Å². The molecule has 0 atom stereocenters. The Balaban J connectivity index is 2.63. The first-order chi connectivity index (χ1) is 8.19. The van der Waals surface area contributed by atoms with Gasteiger partial charge in [0.05, 0.1) is 6.54 Å². The Hall–Kier alpha value is -0.950. The van der Waals surface area contributed by atoms with Crippen LogP contribution in [0.4, 0.5) is 5.82 Å². The Morgan fingerprint density at radius 2 is 2.00 bits per heavy atom. The third kappa shape index (κ3) is 4.82. The molecule has 0 radical (unpaired) electrons. The molecule has 0 aliphatic rings. The first kappa shape index (κ1) is 14.1. The molecule has 0 amide bonds. The van der Waals surface area contributed by atoms with Crippen LogP contribution in [-0.4, -0.2) is 44.1 Å². The second kappa shape index (κ2) is 7.39. The van der Waals surface area contributed by atoms with Crippen molar-refractivity contribution in [2.75, 3.05) is 33.2 Å². The van der Waals surface area contributed by atoms with Crippen LogP contribution in [0.1, 0.15) is 5.82 Å². The largest absolute Gasteiger partial charge is 0.377 e. The third-order valence-corrected chi connectivity index (χ3v) is 2.18. The molecule has 0 saturated carbocycles. The van der Waals surface area contributed by atoms with E-state index in [0.717, 1.165) is 0 Å². The lowest BCUT2D eigenvalue weighted by atomic mass is 10.5. The summed E-state index contributed by atoms with van der Waals surface area (Å²) < 4.78 is 15.0. The van der Waals surface area contributed by atoms with Gasteiger partial charge in [0.15, 0.2) is 12.1 Å². The molecule has 1 aromatic rings. The van der Waals surface area contributed by atoms with Gasteiger partial charge in [-0.2, -0.15) is 0 Å². The fourth-order valence-electron chi connectivity index (χ4n) is 1.20. The van der Waals surface area contributed by atoms with Gasteiger partial charge in [-0.1, -0.05) is 11.6 Å². The molecule has 0 fully saturated rings. The lowest BCUT2D eigenvalue weighted by Gasteiger charge is -2.14. The van der Waals surface area contributed by atoms with Gasteiger partial charge in [-0.15, -0.1) is 0 Å². The molecular formula is C10H16ClN3O3. The van der Waals surface area contributed by atoms with Gasteiger partial charge in [0.1, 0.15) is 17.6 Å². The van der Waals surface area contributed by atoms with Crippen LogP contribution in [0.3, 0.4) is 0 Å². The molecule has 1 N–H and O–H groups in total. The molecule has 0 aliphatic heterocycles. The number of methoxy groups -OCH3 is 3. The van der Waals surface area contributed by atoms with Crippen molar-refractivity contribution in [3.63, 3.8) is 0 Å². The van der Waals surface area contributed by atoms with Crippen LogP contribution in [-0.2, 0) is 20.8 Å². The number of nitrogens with zero attached hydrogens (tertiary/aromatic N) is 2. The smallest absolute Gasteiger partial charge is 0.173 e. The highest BCUT2D eigenvalue weighted by Crippen LogP contribution is 2.12. The second-order valence-electron chi connectivity index (χ2n) is 3.21. The van der Waals surface area contributed by atoms with Crippen LogP contribution in [0, 0.1) is 0 Å². The Kier molecular flexibility index (Phi) is 6.13. The van der Waals surface area contributed by atoms with Crippen molar-refractivity contribution in [3.05, 3.63) is 17.0 Å². The van der Waals surface area contributed by atoms with E-state index < -0.39 is 0 Å². The summed E-state index contributed by atoms with van der Waals surface area (Å²) in [5, 5.41) is 3.41. The Morgan fingerprint density at radius 3 is 2.59 bits per heavy atom. The molecule has 0 bridgehead atoms. The molecule has 6 nitrogen and oxygen atoms in total. The van der Waals surface area contributed by atoms with Crippen LogP contribution in [0.15, 0.2) is 6.07 Å². The number of hydrogen-bond acceptors (Lipinski definition) is 6. The Morgan fingerprint density at radius 1 is 1.29 bits per heavy atom. The third-order valence-electron chi connectivity index (χ3n) is 1.99. The fourth-order valence-corrected chi connectivity index (χ4v) is 1.40. The zero-order valence-corrected chi connectivity index (χ0v) is 10.8. The quantitative estimate of drug-likeness (QED) is 0.590. The van der Waals surface area contributed by atoms with Crippen LogP contribution in [0.5, 0.6) is 0 Å². The van der Waals surface area contributed by atoms with Crippen molar-refractivity contribution in [1.82, 2.24) is 9.97 Å². The average Bonchev–Trinajstić information content (AvgIpc) is 2.30. The minimum Gasteiger partial charge on any atom is -0.377 e. The van der Waals surface area contributed by atoms with Crippen LogP contribution in [0.2, 0.25) is 5.15 Å². The van der Waals surface area contributed by atoms with Gasteiger partial charge in [0, 0.05) is 27.4 Å². The molecule has 17 heavy (non-hydrogen) atoms. The molecule has 0 aliphatic carbocycles. The molecule has 1 rings (SSSR count). The summed E-state index contributed by atoms with van der Waals surface area (Å²) in [6, 6.07) is 1.63. The van der Waals surface area contributed by atoms with Gasteiger partial charge in [-0.3, -0.25) is 0 Å². The van der Waals surface area contributed by atoms with E-state index in [-0.39, 0.29) is 6.29 Å². The first-order valence-electron chi connectivity index (χ1n) is 5.01. The number of anilines is 1. The highest BCUT2D eigenvalue weighted by Gasteiger charge is 2.07. The van der Waals surface area contributed by atoms with Crippen LogP contribution in [0.25, 0.3) is 0 Å². The van der Waals surface area contributed by atoms with E-state index >= 15 is 0 Å². The maximum atomic E-state index is 5.86. The summed E-state index contributed by atoms with van der Waals surface area (Å²) in [6.07, 6.45) is -0.338. The van der Waals surface area contributed by atoms with Crippen molar-refractivity contribution in [3.8, 4) is 0 Å². The van der Waals surface area contributed by atoms with Crippen molar-refractivity contribution < 1.29 is 14.2 Å². The summed E-state index contributed by atoms with van der Waals surface area (Å²) in [5.74, 6) is 1.13. The van der Waals surface area contributed by atoms with Crippen molar-refractivity contribution in [1.29, 1.82) is 0 Å². The predicted octanol–water partition coefficient (Wildman–Crippen LogP) is 1.31. The van der Waals surface area contributed by atoms with Crippen molar-refractivity contribution >= 4 is 17.4 Å². The molecular weight excluding hydrogens is 246 g/mol. The Labute approximate surface area is 105 Å². The van der Waals surface area contributed by atoms with Gasteiger partial charge in [0.25, 0.3) is 0 Å². The molecule has 0 aromatic carbocycles. The van der Waals surface area contributed by atoms with E-state index in [9.17, 15) is 0 Å².